The van der Waals surface area contributed by atoms with Crippen molar-refractivity contribution in [3.05, 3.63) is 78.9 Å². The molecule has 196 valence electrons. The van der Waals surface area contributed by atoms with Crippen LogP contribution in [0.2, 0.25) is 0 Å². The first-order valence-corrected chi connectivity index (χ1v) is 15.1. The van der Waals surface area contributed by atoms with Crippen LogP contribution in [0.5, 0.6) is 0 Å². The van der Waals surface area contributed by atoms with Crippen LogP contribution < -0.4 is 9.62 Å². The van der Waals surface area contributed by atoms with Gasteiger partial charge in [-0.1, -0.05) is 36.4 Å². The first-order valence-electron chi connectivity index (χ1n) is 11.7. The van der Waals surface area contributed by atoms with Gasteiger partial charge in [0.05, 0.1) is 21.6 Å². The highest BCUT2D eigenvalue weighted by Crippen LogP contribution is 2.36. The van der Waals surface area contributed by atoms with Gasteiger partial charge >= 0.3 is 0 Å². The number of benzene rings is 3. The number of nitrogens with one attached hydrogen (secondary N) is 1. The van der Waals surface area contributed by atoms with Crippen molar-refractivity contribution < 1.29 is 26.0 Å². The summed E-state index contributed by atoms with van der Waals surface area (Å²) in [5.41, 5.74) is 1.35. The van der Waals surface area contributed by atoms with Crippen LogP contribution in [0.4, 0.5) is 10.1 Å². The molecule has 5 rings (SSSR count). The number of halogens is 1. The number of carbonyl (C=O) groups excluding carboxylic acids is 1. The lowest BCUT2D eigenvalue weighted by atomic mass is 10.0. The SMILES string of the molecule is CS(=O)(=O)c1c(-c2ccccc2)ccc(N2CCCC(NS(=O)(=O)c3ccc4nccnc4c3)C2=O)c1F. The molecule has 0 aliphatic carbocycles. The number of sulfone groups is 1. The molecule has 0 saturated carbocycles. The van der Waals surface area contributed by atoms with E-state index in [4.69, 9.17) is 0 Å². The molecule has 0 radical (unpaired) electrons. The van der Waals surface area contributed by atoms with Crippen molar-refractivity contribution in [2.75, 3.05) is 17.7 Å². The summed E-state index contributed by atoms with van der Waals surface area (Å²) in [6, 6.07) is 14.4. The molecule has 3 aromatic carbocycles. The summed E-state index contributed by atoms with van der Waals surface area (Å²) in [7, 11) is -8.15. The first-order chi connectivity index (χ1) is 18.1. The molecule has 1 amide bonds. The zero-order valence-electron chi connectivity index (χ0n) is 20.2. The second kappa shape index (κ2) is 9.86. The summed E-state index contributed by atoms with van der Waals surface area (Å²) in [5, 5.41) is 0. The Morgan fingerprint density at radius 2 is 1.66 bits per heavy atom. The number of carbonyl (C=O) groups is 1. The van der Waals surface area contributed by atoms with Crippen molar-refractivity contribution in [1.82, 2.24) is 14.7 Å². The summed E-state index contributed by atoms with van der Waals surface area (Å²) in [6.45, 7) is 0.105. The number of hydrogen-bond acceptors (Lipinski definition) is 7. The topological polar surface area (TPSA) is 126 Å². The Bertz CT molecular complexity index is 1760. The van der Waals surface area contributed by atoms with Crippen molar-refractivity contribution in [3.63, 3.8) is 0 Å². The van der Waals surface area contributed by atoms with Gasteiger partial charge in [0, 0.05) is 30.8 Å². The molecular weight excluding hydrogens is 531 g/mol. The minimum absolute atomic E-state index is 0.0896. The van der Waals surface area contributed by atoms with E-state index in [9.17, 15) is 21.6 Å². The highest BCUT2D eigenvalue weighted by Gasteiger charge is 2.36. The summed E-state index contributed by atoms with van der Waals surface area (Å²) in [4.78, 5) is 22.1. The third-order valence-corrected chi connectivity index (χ3v) is 8.92. The quantitative estimate of drug-likeness (QED) is 0.388. The van der Waals surface area contributed by atoms with Gasteiger partial charge in [0.1, 0.15) is 10.9 Å². The highest BCUT2D eigenvalue weighted by atomic mass is 32.2. The monoisotopic (exact) mass is 554 g/mol. The number of piperidine rings is 1. The summed E-state index contributed by atoms with van der Waals surface area (Å²) in [5.74, 6) is -1.73. The van der Waals surface area contributed by atoms with E-state index in [1.54, 1.807) is 30.3 Å². The van der Waals surface area contributed by atoms with E-state index in [-0.39, 0.29) is 29.1 Å². The molecule has 1 fully saturated rings. The third kappa shape index (κ3) is 4.89. The molecule has 0 bridgehead atoms. The molecule has 1 atom stereocenters. The molecule has 1 saturated heterocycles. The zero-order valence-corrected chi connectivity index (χ0v) is 21.8. The third-order valence-electron chi connectivity index (χ3n) is 6.31. The van der Waals surface area contributed by atoms with Gasteiger partial charge in [0.25, 0.3) is 0 Å². The minimum atomic E-state index is -4.13. The fourth-order valence-electron chi connectivity index (χ4n) is 4.55. The smallest absolute Gasteiger partial charge is 0.245 e. The number of amides is 1. The Labute approximate surface area is 219 Å². The number of fused-ring (bicyclic) bond motifs is 1. The molecule has 9 nitrogen and oxygen atoms in total. The average Bonchev–Trinajstić information content (AvgIpc) is 2.89. The van der Waals surface area contributed by atoms with Gasteiger partial charge in [-0.15, -0.1) is 0 Å². The van der Waals surface area contributed by atoms with Gasteiger partial charge in [0.2, 0.25) is 15.9 Å². The van der Waals surface area contributed by atoms with Gasteiger partial charge in [-0.05, 0) is 42.7 Å². The van der Waals surface area contributed by atoms with Crippen LogP contribution in [0, 0.1) is 5.82 Å². The Morgan fingerprint density at radius 1 is 0.947 bits per heavy atom. The van der Waals surface area contributed by atoms with Crippen LogP contribution in [-0.2, 0) is 24.7 Å². The van der Waals surface area contributed by atoms with E-state index >= 15 is 4.39 Å². The van der Waals surface area contributed by atoms with Crippen molar-refractivity contribution in [2.45, 2.75) is 28.7 Å². The minimum Gasteiger partial charge on any atom is -0.308 e. The lowest BCUT2D eigenvalue weighted by molar-refractivity contribution is -0.121. The molecule has 1 aliphatic heterocycles. The molecule has 38 heavy (non-hydrogen) atoms. The maximum absolute atomic E-state index is 15.8. The number of sulfonamides is 1. The molecule has 1 unspecified atom stereocenters. The van der Waals surface area contributed by atoms with Crippen LogP contribution in [-0.4, -0.2) is 51.6 Å². The maximum atomic E-state index is 15.8. The lowest BCUT2D eigenvalue weighted by Gasteiger charge is -2.33. The normalized spacial score (nSPS) is 16.6. The first kappa shape index (κ1) is 25.9. The van der Waals surface area contributed by atoms with Crippen LogP contribution in [0.15, 0.2) is 82.8 Å². The number of hydrogen-bond donors (Lipinski definition) is 1. The van der Waals surface area contributed by atoms with Crippen molar-refractivity contribution >= 4 is 42.5 Å². The van der Waals surface area contributed by atoms with Crippen LogP contribution in [0.1, 0.15) is 12.8 Å². The van der Waals surface area contributed by atoms with E-state index in [0.29, 0.717) is 23.0 Å². The second-order valence-electron chi connectivity index (χ2n) is 8.93. The predicted molar refractivity (Wildman–Crippen MR) is 140 cm³/mol. The van der Waals surface area contributed by atoms with E-state index < -0.39 is 42.5 Å². The Morgan fingerprint density at radius 3 is 2.37 bits per heavy atom. The lowest BCUT2D eigenvalue weighted by Crippen LogP contribution is -2.52. The molecule has 4 aromatic rings. The highest BCUT2D eigenvalue weighted by molar-refractivity contribution is 7.91. The van der Waals surface area contributed by atoms with E-state index in [1.165, 1.54) is 42.7 Å². The number of rotatable bonds is 6. The molecule has 0 spiro atoms. The standard InChI is InChI=1S/C26H23FN4O5S2/c1-37(33,34)25-19(17-6-3-2-4-7-17)10-12-23(24(25)27)31-15-5-8-21(26(31)32)30-38(35,36)18-9-11-20-22(16-18)29-14-13-28-20/h2-4,6-7,9-14,16,21,30H,5,8,15H2,1H3. The van der Waals surface area contributed by atoms with E-state index in [0.717, 1.165) is 11.2 Å². The molecular formula is C26H23FN4O5S2. The van der Waals surface area contributed by atoms with Gasteiger partial charge < -0.3 is 4.90 Å². The predicted octanol–water partition coefficient (Wildman–Crippen LogP) is 3.31. The summed E-state index contributed by atoms with van der Waals surface area (Å²) >= 11 is 0. The van der Waals surface area contributed by atoms with Crippen molar-refractivity contribution in [1.29, 1.82) is 0 Å². The second-order valence-corrected chi connectivity index (χ2v) is 12.6. The molecule has 1 N–H and O–H groups in total. The van der Waals surface area contributed by atoms with E-state index in [1.807, 2.05) is 0 Å². The Kier molecular flexibility index (Phi) is 6.72. The Hall–Kier alpha value is -3.74. The molecule has 1 aliphatic rings. The number of aromatic nitrogens is 2. The number of anilines is 1. The molecule has 2 heterocycles. The van der Waals surface area contributed by atoms with Gasteiger partial charge in [0.15, 0.2) is 15.7 Å². The van der Waals surface area contributed by atoms with Crippen LogP contribution >= 0.6 is 0 Å². The number of nitrogens with zero attached hydrogens (tertiary/aromatic N) is 3. The van der Waals surface area contributed by atoms with Crippen molar-refractivity contribution in [3.8, 4) is 11.1 Å². The zero-order chi connectivity index (χ0) is 27.1. The van der Waals surface area contributed by atoms with Crippen molar-refractivity contribution in [2.24, 2.45) is 0 Å². The fraction of sp³-hybridized carbons (Fsp3) is 0.192. The van der Waals surface area contributed by atoms with E-state index in [2.05, 4.69) is 14.7 Å². The Balaban J connectivity index is 1.48. The van der Waals surface area contributed by atoms with Gasteiger partial charge in [-0.25, -0.2) is 21.2 Å². The van der Waals surface area contributed by atoms with Gasteiger partial charge in [-0.3, -0.25) is 14.8 Å². The summed E-state index contributed by atoms with van der Waals surface area (Å²) < 4.78 is 69.7. The fourth-order valence-corrected chi connectivity index (χ4v) is 6.81. The van der Waals surface area contributed by atoms with Crippen LogP contribution in [0.3, 0.4) is 0 Å². The molecule has 12 heteroatoms. The van der Waals surface area contributed by atoms with Crippen LogP contribution in [0.25, 0.3) is 22.2 Å². The largest absolute Gasteiger partial charge is 0.308 e. The molecule has 1 aromatic heterocycles. The van der Waals surface area contributed by atoms with Gasteiger partial charge in [-0.2, -0.15) is 4.72 Å². The maximum Gasteiger partial charge on any atom is 0.245 e. The summed E-state index contributed by atoms with van der Waals surface area (Å²) in [6.07, 6.45) is 4.41. The average molecular weight is 555 g/mol.